The Morgan fingerprint density at radius 1 is 1.39 bits per heavy atom. The van der Waals surface area contributed by atoms with Gasteiger partial charge in [0.2, 0.25) is 0 Å². The van der Waals surface area contributed by atoms with Crippen molar-refractivity contribution in [1.29, 1.82) is 0 Å². The minimum Gasteiger partial charge on any atom is -0.383 e. The lowest BCUT2D eigenvalue weighted by Gasteiger charge is -2.16. The standard InChI is InChI=1S/C13H19FN2OS/c1-10(9-17-2)16-13(18)15-8-7-11-3-5-12(14)6-4-11/h3-6,10H,7-9H2,1-2H3,(H2,15,16,18). The summed E-state index contributed by atoms with van der Waals surface area (Å²) in [5.41, 5.74) is 1.08. The number of benzene rings is 1. The van der Waals surface area contributed by atoms with Crippen molar-refractivity contribution >= 4 is 17.3 Å². The number of methoxy groups -OCH3 is 1. The molecule has 0 fully saturated rings. The van der Waals surface area contributed by atoms with Gasteiger partial charge in [-0.1, -0.05) is 12.1 Å². The van der Waals surface area contributed by atoms with E-state index in [2.05, 4.69) is 10.6 Å². The maximum absolute atomic E-state index is 12.7. The molecule has 18 heavy (non-hydrogen) atoms. The Morgan fingerprint density at radius 2 is 2.06 bits per heavy atom. The predicted octanol–water partition coefficient (Wildman–Crippen LogP) is 1.87. The van der Waals surface area contributed by atoms with Crippen LogP contribution in [0.5, 0.6) is 0 Å². The van der Waals surface area contributed by atoms with Gasteiger partial charge >= 0.3 is 0 Å². The van der Waals surface area contributed by atoms with Crippen LogP contribution in [0.3, 0.4) is 0 Å². The van der Waals surface area contributed by atoms with Gasteiger partial charge in [0.25, 0.3) is 0 Å². The van der Waals surface area contributed by atoms with E-state index in [4.69, 9.17) is 17.0 Å². The maximum Gasteiger partial charge on any atom is 0.166 e. The van der Waals surface area contributed by atoms with E-state index in [-0.39, 0.29) is 11.9 Å². The van der Waals surface area contributed by atoms with Crippen LogP contribution in [0.25, 0.3) is 0 Å². The lowest BCUT2D eigenvalue weighted by molar-refractivity contribution is 0.179. The molecular formula is C13H19FN2OS. The molecule has 1 aromatic carbocycles. The molecule has 0 aliphatic rings. The Kier molecular flexibility index (Phi) is 6.60. The van der Waals surface area contributed by atoms with Crippen molar-refractivity contribution in [3.8, 4) is 0 Å². The van der Waals surface area contributed by atoms with E-state index in [0.717, 1.165) is 18.5 Å². The van der Waals surface area contributed by atoms with E-state index in [1.54, 1.807) is 19.2 Å². The monoisotopic (exact) mass is 270 g/mol. The van der Waals surface area contributed by atoms with Crippen LogP contribution in [0.2, 0.25) is 0 Å². The zero-order valence-electron chi connectivity index (χ0n) is 10.7. The minimum atomic E-state index is -0.211. The van der Waals surface area contributed by atoms with Gasteiger partial charge < -0.3 is 15.4 Å². The van der Waals surface area contributed by atoms with E-state index in [0.29, 0.717) is 11.7 Å². The molecule has 0 radical (unpaired) electrons. The first kappa shape index (κ1) is 14.9. The fraction of sp³-hybridized carbons (Fsp3) is 0.462. The van der Waals surface area contributed by atoms with Gasteiger partial charge in [-0.2, -0.15) is 0 Å². The molecule has 0 bridgehead atoms. The average molecular weight is 270 g/mol. The van der Waals surface area contributed by atoms with Gasteiger partial charge in [-0.15, -0.1) is 0 Å². The molecule has 1 atom stereocenters. The summed E-state index contributed by atoms with van der Waals surface area (Å²) in [6.45, 7) is 3.33. The van der Waals surface area contributed by atoms with Crippen molar-refractivity contribution in [3.63, 3.8) is 0 Å². The Balaban J connectivity index is 2.21. The highest BCUT2D eigenvalue weighted by molar-refractivity contribution is 7.80. The van der Waals surface area contributed by atoms with Crippen LogP contribution in [0.15, 0.2) is 24.3 Å². The minimum absolute atomic E-state index is 0.181. The Labute approximate surface area is 113 Å². The van der Waals surface area contributed by atoms with Crippen LogP contribution in [0.4, 0.5) is 4.39 Å². The van der Waals surface area contributed by atoms with E-state index in [9.17, 15) is 4.39 Å². The third-order valence-corrected chi connectivity index (χ3v) is 2.67. The van der Waals surface area contributed by atoms with E-state index in [1.165, 1.54) is 12.1 Å². The van der Waals surface area contributed by atoms with E-state index >= 15 is 0 Å². The Hall–Kier alpha value is -1.20. The number of hydrogen-bond acceptors (Lipinski definition) is 2. The molecule has 1 unspecified atom stereocenters. The molecule has 0 saturated heterocycles. The second-order valence-electron chi connectivity index (χ2n) is 4.13. The maximum atomic E-state index is 12.7. The summed E-state index contributed by atoms with van der Waals surface area (Å²) >= 11 is 5.14. The zero-order chi connectivity index (χ0) is 13.4. The molecule has 0 saturated carbocycles. The highest BCUT2D eigenvalue weighted by Crippen LogP contribution is 2.02. The highest BCUT2D eigenvalue weighted by atomic mass is 32.1. The average Bonchev–Trinajstić information content (AvgIpc) is 2.32. The van der Waals surface area contributed by atoms with Gasteiger partial charge in [-0.25, -0.2) is 4.39 Å². The predicted molar refractivity (Wildman–Crippen MR) is 75.2 cm³/mol. The summed E-state index contributed by atoms with van der Waals surface area (Å²) in [5.74, 6) is -0.211. The van der Waals surface area contributed by atoms with Crippen molar-refractivity contribution in [2.75, 3.05) is 20.3 Å². The van der Waals surface area contributed by atoms with Crippen molar-refractivity contribution in [3.05, 3.63) is 35.6 Å². The summed E-state index contributed by atoms with van der Waals surface area (Å²) in [6.07, 6.45) is 0.806. The van der Waals surface area contributed by atoms with Crippen molar-refractivity contribution in [2.24, 2.45) is 0 Å². The molecule has 5 heteroatoms. The van der Waals surface area contributed by atoms with Crippen LogP contribution in [0.1, 0.15) is 12.5 Å². The number of thiocarbonyl (C=S) groups is 1. The summed E-state index contributed by atoms with van der Waals surface area (Å²) < 4.78 is 17.7. The molecule has 3 nitrogen and oxygen atoms in total. The number of rotatable bonds is 6. The number of nitrogens with one attached hydrogen (secondary N) is 2. The Bertz CT molecular complexity index is 370. The molecular weight excluding hydrogens is 251 g/mol. The molecule has 1 rings (SSSR count). The third kappa shape index (κ3) is 5.93. The second-order valence-corrected chi connectivity index (χ2v) is 4.54. The van der Waals surface area contributed by atoms with Gasteiger partial charge in [0.15, 0.2) is 5.11 Å². The van der Waals surface area contributed by atoms with Crippen LogP contribution < -0.4 is 10.6 Å². The first-order valence-electron chi connectivity index (χ1n) is 5.89. The number of ether oxygens (including phenoxy) is 1. The fourth-order valence-corrected chi connectivity index (χ4v) is 1.84. The highest BCUT2D eigenvalue weighted by Gasteiger charge is 2.02. The number of halogens is 1. The molecule has 0 amide bonds. The smallest absolute Gasteiger partial charge is 0.166 e. The quantitative estimate of drug-likeness (QED) is 0.773. The topological polar surface area (TPSA) is 33.3 Å². The second kappa shape index (κ2) is 8.00. The van der Waals surface area contributed by atoms with Crippen LogP contribution in [-0.4, -0.2) is 31.4 Å². The van der Waals surface area contributed by atoms with Crippen LogP contribution >= 0.6 is 12.2 Å². The van der Waals surface area contributed by atoms with Crippen LogP contribution in [0, 0.1) is 5.82 Å². The van der Waals surface area contributed by atoms with Crippen molar-refractivity contribution in [2.45, 2.75) is 19.4 Å². The molecule has 0 spiro atoms. The first-order valence-corrected chi connectivity index (χ1v) is 6.30. The molecule has 100 valence electrons. The SMILES string of the molecule is COCC(C)NC(=S)NCCc1ccc(F)cc1. The largest absolute Gasteiger partial charge is 0.383 e. The van der Waals surface area contributed by atoms with Gasteiger partial charge in [0.05, 0.1) is 6.61 Å². The number of hydrogen-bond donors (Lipinski definition) is 2. The van der Waals surface area contributed by atoms with Gasteiger partial charge in [0, 0.05) is 19.7 Å². The molecule has 0 aliphatic carbocycles. The normalized spacial score (nSPS) is 11.9. The van der Waals surface area contributed by atoms with Crippen molar-refractivity contribution < 1.29 is 9.13 Å². The molecule has 2 N–H and O–H groups in total. The lowest BCUT2D eigenvalue weighted by atomic mass is 10.1. The summed E-state index contributed by atoms with van der Waals surface area (Å²) in [5, 5.41) is 6.83. The molecule has 0 heterocycles. The van der Waals surface area contributed by atoms with E-state index < -0.39 is 0 Å². The summed E-state index contributed by atoms with van der Waals surface area (Å²) in [7, 11) is 1.66. The first-order chi connectivity index (χ1) is 8.61. The Morgan fingerprint density at radius 3 is 2.67 bits per heavy atom. The van der Waals surface area contributed by atoms with Crippen LogP contribution in [-0.2, 0) is 11.2 Å². The third-order valence-electron chi connectivity index (χ3n) is 2.41. The molecule has 0 aromatic heterocycles. The van der Waals surface area contributed by atoms with Gasteiger partial charge in [-0.3, -0.25) is 0 Å². The molecule has 1 aromatic rings. The molecule has 0 aliphatic heterocycles. The van der Waals surface area contributed by atoms with Gasteiger partial charge in [0.1, 0.15) is 5.82 Å². The fourth-order valence-electron chi connectivity index (χ4n) is 1.54. The zero-order valence-corrected chi connectivity index (χ0v) is 11.5. The lowest BCUT2D eigenvalue weighted by Crippen LogP contribution is -2.43. The summed E-state index contributed by atoms with van der Waals surface area (Å²) in [4.78, 5) is 0. The van der Waals surface area contributed by atoms with Crippen molar-refractivity contribution in [1.82, 2.24) is 10.6 Å². The van der Waals surface area contributed by atoms with E-state index in [1.807, 2.05) is 6.92 Å². The summed E-state index contributed by atoms with van der Waals surface area (Å²) in [6, 6.07) is 6.67. The van der Waals surface area contributed by atoms with Gasteiger partial charge in [-0.05, 0) is 43.3 Å².